The van der Waals surface area contributed by atoms with Crippen LogP contribution in [0.2, 0.25) is 0 Å². The van der Waals surface area contributed by atoms with Crippen LogP contribution < -0.4 is 5.73 Å². The fraction of sp³-hybridized carbons (Fsp3) is 0.133. The average Bonchev–Trinajstić information content (AvgIpc) is 2.33. The molecule has 0 fully saturated rings. The first-order chi connectivity index (χ1) is 8.22. The molecule has 0 saturated heterocycles. The summed E-state index contributed by atoms with van der Waals surface area (Å²) in [5.41, 5.74) is 7.20. The van der Waals surface area contributed by atoms with Gasteiger partial charge in [-0.05, 0) is 18.1 Å². The molecule has 88 valence electrons. The van der Waals surface area contributed by atoms with Gasteiger partial charge in [-0.3, -0.25) is 4.79 Å². The van der Waals surface area contributed by atoms with Crippen LogP contribution in [0.1, 0.15) is 18.9 Å². The van der Waals surface area contributed by atoms with Gasteiger partial charge in [-0.2, -0.15) is 0 Å². The van der Waals surface area contributed by atoms with Crippen molar-refractivity contribution < 1.29 is 4.79 Å². The van der Waals surface area contributed by atoms with E-state index in [1.807, 2.05) is 67.6 Å². The van der Waals surface area contributed by atoms with Crippen molar-refractivity contribution in [2.24, 2.45) is 5.73 Å². The molecule has 2 nitrogen and oxygen atoms in total. The quantitative estimate of drug-likeness (QED) is 0.772. The first-order valence-corrected chi connectivity index (χ1v) is 5.55. The molecule has 0 unspecified atom stereocenters. The van der Waals surface area contributed by atoms with Gasteiger partial charge in [0, 0.05) is 0 Å². The third kappa shape index (κ3) is 5.52. The molecule has 2 heteroatoms. The van der Waals surface area contributed by atoms with Gasteiger partial charge in [0.05, 0.1) is 6.42 Å². The zero-order valence-electron chi connectivity index (χ0n) is 9.97. The topological polar surface area (TPSA) is 43.1 Å². The fourth-order valence-corrected chi connectivity index (χ4v) is 1.36. The van der Waals surface area contributed by atoms with Crippen molar-refractivity contribution in [3.63, 3.8) is 0 Å². The number of allylic oxidation sites excluding steroid dienone is 4. The fourth-order valence-electron chi connectivity index (χ4n) is 1.36. The highest BCUT2D eigenvalue weighted by Gasteiger charge is 1.97. The van der Waals surface area contributed by atoms with Crippen LogP contribution in [-0.2, 0) is 4.79 Å². The van der Waals surface area contributed by atoms with Crippen LogP contribution >= 0.6 is 0 Å². The van der Waals surface area contributed by atoms with Gasteiger partial charge in [-0.1, -0.05) is 60.7 Å². The second-order valence-electron chi connectivity index (χ2n) is 3.65. The standard InChI is InChI=1S/C15H17NO/c1-2-3-7-14(12-15(16)17)11-10-13-8-5-4-6-9-13/h2-11H,12H2,1H3,(H2,16,17)/b3-2-,11-10+,14-7+. The zero-order chi connectivity index (χ0) is 12.5. The summed E-state index contributed by atoms with van der Waals surface area (Å²) in [4.78, 5) is 10.9. The Hall–Kier alpha value is -2.09. The number of rotatable bonds is 5. The normalized spacial score (nSPS) is 12.4. The summed E-state index contributed by atoms with van der Waals surface area (Å²) in [6, 6.07) is 9.94. The summed E-state index contributed by atoms with van der Waals surface area (Å²) < 4.78 is 0. The lowest BCUT2D eigenvalue weighted by Gasteiger charge is -1.97. The average molecular weight is 227 g/mol. The van der Waals surface area contributed by atoms with Gasteiger partial charge >= 0.3 is 0 Å². The van der Waals surface area contributed by atoms with E-state index >= 15 is 0 Å². The molecule has 0 aromatic heterocycles. The minimum absolute atomic E-state index is 0.258. The van der Waals surface area contributed by atoms with Crippen LogP contribution in [0.3, 0.4) is 0 Å². The summed E-state index contributed by atoms with van der Waals surface area (Å²) in [6.07, 6.45) is 9.85. The van der Waals surface area contributed by atoms with Crippen LogP contribution in [0.25, 0.3) is 6.08 Å². The summed E-state index contributed by atoms with van der Waals surface area (Å²) in [7, 11) is 0. The van der Waals surface area contributed by atoms with Gasteiger partial charge in [-0.15, -0.1) is 0 Å². The van der Waals surface area contributed by atoms with E-state index in [4.69, 9.17) is 5.73 Å². The molecule has 0 saturated carbocycles. The number of nitrogens with two attached hydrogens (primary N) is 1. The van der Waals surface area contributed by atoms with Gasteiger partial charge in [0.1, 0.15) is 0 Å². The molecule has 0 heterocycles. The number of hydrogen-bond donors (Lipinski definition) is 1. The molecular weight excluding hydrogens is 210 g/mol. The molecule has 0 aliphatic carbocycles. The van der Waals surface area contributed by atoms with E-state index in [0.717, 1.165) is 11.1 Å². The number of benzene rings is 1. The molecule has 1 amide bonds. The van der Waals surface area contributed by atoms with Gasteiger partial charge in [0.2, 0.25) is 5.91 Å². The Labute approximate surface area is 102 Å². The number of amides is 1. The molecule has 0 radical (unpaired) electrons. The van der Waals surface area contributed by atoms with Gasteiger partial charge in [-0.25, -0.2) is 0 Å². The maximum atomic E-state index is 10.9. The van der Waals surface area contributed by atoms with E-state index < -0.39 is 0 Å². The predicted molar refractivity (Wildman–Crippen MR) is 72.2 cm³/mol. The van der Waals surface area contributed by atoms with E-state index in [1.165, 1.54) is 0 Å². The Morgan fingerprint density at radius 1 is 1.29 bits per heavy atom. The molecule has 1 aromatic carbocycles. The van der Waals surface area contributed by atoms with Crippen LogP contribution in [-0.4, -0.2) is 5.91 Å². The van der Waals surface area contributed by atoms with E-state index in [1.54, 1.807) is 0 Å². The lowest BCUT2D eigenvalue weighted by atomic mass is 10.1. The Balaban J connectivity index is 2.79. The Bertz CT molecular complexity index is 441. The molecule has 0 aliphatic rings. The summed E-state index contributed by atoms with van der Waals surface area (Å²) in [5, 5.41) is 0. The van der Waals surface area contributed by atoms with E-state index in [9.17, 15) is 4.79 Å². The van der Waals surface area contributed by atoms with Crippen molar-refractivity contribution in [2.45, 2.75) is 13.3 Å². The third-order valence-corrected chi connectivity index (χ3v) is 2.17. The maximum Gasteiger partial charge on any atom is 0.221 e. The third-order valence-electron chi connectivity index (χ3n) is 2.17. The van der Waals surface area contributed by atoms with E-state index in [0.29, 0.717) is 0 Å². The first kappa shape index (κ1) is 13.0. The number of primary amides is 1. The first-order valence-electron chi connectivity index (χ1n) is 5.55. The summed E-state index contributed by atoms with van der Waals surface area (Å²) >= 11 is 0. The monoisotopic (exact) mass is 227 g/mol. The van der Waals surface area contributed by atoms with Crippen molar-refractivity contribution in [1.82, 2.24) is 0 Å². The van der Waals surface area contributed by atoms with Gasteiger partial charge in [0.15, 0.2) is 0 Å². The molecule has 0 atom stereocenters. The Morgan fingerprint density at radius 2 is 2.00 bits per heavy atom. The number of carbonyl (C=O) groups is 1. The highest BCUT2D eigenvalue weighted by molar-refractivity contribution is 5.78. The zero-order valence-corrected chi connectivity index (χ0v) is 9.97. The smallest absolute Gasteiger partial charge is 0.221 e. The highest BCUT2D eigenvalue weighted by Crippen LogP contribution is 2.08. The molecule has 2 N–H and O–H groups in total. The molecule has 1 rings (SSSR count). The van der Waals surface area contributed by atoms with Crippen LogP contribution in [0.5, 0.6) is 0 Å². The summed E-state index contributed by atoms with van der Waals surface area (Å²) in [6.45, 7) is 1.93. The van der Waals surface area contributed by atoms with Gasteiger partial charge in [0.25, 0.3) is 0 Å². The maximum absolute atomic E-state index is 10.9. The van der Waals surface area contributed by atoms with Crippen LogP contribution in [0.15, 0.2) is 60.2 Å². The van der Waals surface area contributed by atoms with Gasteiger partial charge < -0.3 is 5.73 Å². The highest BCUT2D eigenvalue weighted by atomic mass is 16.1. The van der Waals surface area contributed by atoms with Crippen LogP contribution in [0.4, 0.5) is 0 Å². The molecular formula is C15H17NO. The van der Waals surface area contributed by atoms with Crippen LogP contribution in [0, 0.1) is 0 Å². The van der Waals surface area contributed by atoms with Crippen molar-refractivity contribution in [1.29, 1.82) is 0 Å². The minimum Gasteiger partial charge on any atom is -0.369 e. The van der Waals surface area contributed by atoms with Crippen molar-refractivity contribution in [2.75, 3.05) is 0 Å². The Morgan fingerprint density at radius 3 is 2.59 bits per heavy atom. The number of carbonyl (C=O) groups excluding carboxylic acids is 1. The second kappa shape index (κ2) is 7.23. The molecule has 1 aromatic rings. The minimum atomic E-state index is -0.321. The van der Waals surface area contributed by atoms with Crippen molar-refractivity contribution in [3.05, 3.63) is 65.8 Å². The molecule has 0 spiro atoms. The lowest BCUT2D eigenvalue weighted by Crippen LogP contribution is -2.10. The summed E-state index contributed by atoms with van der Waals surface area (Å²) in [5.74, 6) is -0.321. The van der Waals surface area contributed by atoms with Crippen molar-refractivity contribution in [3.8, 4) is 0 Å². The lowest BCUT2D eigenvalue weighted by molar-refractivity contribution is -0.117. The van der Waals surface area contributed by atoms with E-state index in [-0.39, 0.29) is 12.3 Å². The second-order valence-corrected chi connectivity index (χ2v) is 3.65. The van der Waals surface area contributed by atoms with E-state index in [2.05, 4.69) is 0 Å². The molecule has 17 heavy (non-hydrogen) atoms. The molecule has 0 aliphatic heterocycles. The SMILES string of the molecule is C\C=C/C=C(\C=C\c1ccccc1)CC(N)=O. The van der Waals surface area contributed by atoms with Crippen molar-refractivity contribution >= 4 is 12.0 Å². The number of hydrogen-bond acceptors (Lipinski definition) is 1. The Kier molecular flexibility index (Phi) is 5.52. The predicted octanol–water partition coefficient (Wildman–Crippen LogP) is 3.08. The largest absolute Gasteiger partial charge is 0.369 e. The molecule has 0 bridgehead atoms.